The van der Waals surface area contributed by atoms with Crippen LogP contribution < -0.4 is 16.2 Å². The second-order valence-corrected chi connectivity index (χ2v) is 7.01. The van der Waals surface area contributed by atoms with Gasteiger partial charge in [0.05, 0.1) is 24.4 Å². The summed E-state index contributed by atoms with van der Waals surface area (Å²) in [7, 11) is 0. The maximum atomic E-state index is 13.8. The Bertz CT molecular complexity index is 921. The zero-order valence-electron chi connectivity index (χ0n) is 16.6. The van der Waals surface area contributed by atoms with Gasteiger partial charge in [0.25, 0.3) is 0 Å². The van der Waals surface area contributed by atoms with Crippen LogP contribution in [-0.4, -0.2) is 54.2 Å². The van der Waals surface area contributed by atoms with Gasteiger partial charge in [-0.25, -0.2) is 0 Å². The zero-order valence-corrected chi connectivity index (χ0v) is 16.6. The smallest absolute Gasteiger partial charge is 0.460 e. The fourth-order valence-corrected chi connectivity index (χ4v) is 2.37. The third kappa shape index (κ3) is 4.39. The molecule has 0 aliphatic carbocycles. The summed E-state index contributed by atoms with van der Waals surface area (Å²) in [4.78, 5) is 0. The molecule has 0 heterocycles. The van der Waals surface area contributed by atoms with Crippen molar-refractivity contribution in [3.63, 3.8) is 0 Å². The maximum absolute atomic E-state index is 13.8. The summed E-state index contributed by atoms with van der Waals surface area (Å²) in [5.74, 6) is -57.4. The van der Waals surface area contributed by atoms with Crippen molar-refractivity contribution in [3.05, 3.63) is 18.2 Å². The van der Waals surface area contributed by atoms with Gasteiger partial charge >= 0.3 is 47.6 Å². The van der Waals surface area contributed by atoms with Crippen molar-refractivity contribution in [2.45, 2.75) is 54.1 Å². The predicted octanol–water partition coefficient (Wildman–Crippen LogP) is 6.63. The molecule has 0 aliphatic heterocycles. The van der Waals surface area contributed by atoms with Crippen molar-refractivity contribution in [2.75, 3.05) is 18.1 Å². The predicted molar refractivity (Wildman–Crippen MR) is 86.1 cm³/mol. The molecule has 0 atom stereocenters. The van der Waals surface area contributed by atoms with Crippen LogP contribution >= 0.6 is 0 Å². The first-order valence-corrected chi connectivity index (χ1v) is 8.63. The standard InChI is InChI=1S/C16H11F17N2O/c17-9(18,4-5-36-8-6(34)2-1-3-7(8)35)10(19,20)11(21,22)12(23,24)13(25,26)14(27,28)15(29,30)16(31,32)33/h1-3H,4-5,34-35H2. The number of ether oxygens (including phenoxy) is 1. The topological polar surface area (TPSA) is 61.3 Å². The molecule has 0 aliphatic rings. The van der Waals surface area contributed by atoms with E-state index in [1.807, 2.05) is 0 Å². The number of hydrogen-bond donors (Lipinski definition) is 2. The van der Waals surface area contributed by atoms with Crippen LogP contribution in [-0.2, 0) is 0 Å². The first-order valence-electron chi connectivity index (χ1n) is 8.63. The van der Waals surface area contributed by atoms with Crippen LogP contribution in [0.4, 0.5) is 86.0 Å². The molecule has 0 radical (unpaired) electrons. The minimum Gasteiger partial charge on any atom is -0.489 e. The van der Waals surface area contributed by atoms with E-state index >= 15 is 0 Å². The van der Waals surface area contributed by atoms with E-state index in [2.05, 4.69) is 4.74 Å². The van der Waals surface area contributed by atoms with Gasteiger partial charge in [-0.15, -0.1) is 0 Å². The van der Waals surface area contributed by atoms with Gasteiger partial charge in [-0.05, 0) is 12.1 Å². The molecule has 0 saturated carbocycles. The average Bonchev–Trinajstić information content (AvgIpc) is 2.68. The average molecular weight is 570 g/mol. The van der Waals surface area contributed by atoms with Crippen LogP contribution in [0.5, 0.6) is 5.75 Å². The molecule has 0 unspecified atom stereocenters. The van der Waals surface area contributed by atoms with Crippen LogP contribution in [0.3, 0.4) is 0 Å². The van der Waals surface area contributed by atoms with Gasteiger partial charge in [-0.2, -0.15) is 74.6 Å². The fraction of sp³-hybridized carbons (Fsp3) is 0.625. The molecular formula is C16H11F17N2O. The van der Waals surface area contributed by atoms with Crippen molar-refractivity contribution in [1.82, 2.24) is 0 Å². The molecule has 1 aromatic carbocycles. The van der Waals surface area contributed by atoms with Gasteiger partial charge in [0, 0.05) is 0 Å². The lowest BCUT2D eigenvalue weighted by molar-refractivity contribution is -0.461. The van der Waals surface area contributed by atoms with E-state index in [1.165, 1.54) is 0 Å². The fourth-order valence-electron chi connectivity index (χ4n) is 2.37. The SMILES string of the molecule is Nc1cccc(N)c1OCCC(F)(F)C(F)(F)C(F)(F)C(F)(F)C(F)(F)C(F)(F)C(F)(F)C(F)(F)F. The third-order valence-electron chi connectivity index (χ3n) is 4.53. The summed E-state index contributed by atoms with van der Waals surface area (Å²) in [6, 6.07) is 3.14. The Morgan fingerprint density at radius 3 is 1.22 bits per heavy atom. The summed E-state index contributed by atoms with van der Waals surface area (Å²) in [5.41, 5.74) is 9.66. The molecule has 0 amide bonds. The number of halogens is 17. The van der Waals surface area contributed by atoms with E-state index in [0.29, 0.717) is 0 Å². The molecule has 210 valence electrons. The summed E-state index contributed by atoms with van der Waals surface area (Å²) >= 11 is 0. The Kier molecular flexibility index (Phi) is 7.67. The number of para-hydroxylation sites is 1. The Labute approximate surface area is 188 Å². The molecule has 0 fully saturated rings. The van der Waals surface area contributed by atoms with E-state index in [1.54, 1.807) is 0 Å². The monoisotopic (exact) mass is 570 g/mol. The number of rotatable bonds is 10. The minimum absolute atomic E-state index is 0.450. The number of hydrogen-bond acceptors (Lipinski definition) is 3. The number of nitrogens with two attached hydrogens (primary N) is 2. The Hall–Kier alpha value is -2.57. The lowest BCUT2D eigenvalue weighted by Gasteiger charge is -2.42. The minimum atomic E-state index is -8.66. The van der Waals surface area contributed by atoms with Gasteiger partial charge in [0.15, 0.2) is 5.75 Å². The van der Waals surface area contributed by atoms with Crippen molar-refractivity contribution in [2.24, 2.45) is 0 Å². The zero-order chi connectivity index (χ0) is 29.0. The second-order valence-electron chi connectivity index (χ2n) is 7.01. The molecule has 3 nitrogen and oxygen atoms in total. The lowest BCUT2D eigenvalue weighted by Crippen LogP contribution is -2.74. The number of benzene rings is 1. The van der Waals surface area contributed by atoms with Gasteiger partial charge < -0.3 is 16.2 Å². The molecule has 1 rings (SSSR count). The quantitative estimate of drug-likeness (QED) is 0.245. The molecule has 0 bridgehead atoms. The number of alkyl halides is 17. The van der Waals surface area contributed by atoms with E-state index in [0.717, 1.165) is 18.2 Å². The van der Waals surface area contributed by atoms with Crippen molar-refractivity contribution >= 4 is 11.4 Å². The van der Waals surface area contributed by atoms with Gasteiger partial charge in [-0.1, -0.05) is 6.07 Å². The van der Waals surface area contributed by atoms with E-state index in [9.17, 15) is 74.6 Å². The number of nitrogen functional groups attached to an aromatic ring is 2. The highest BCUT2D eigenvalue weighted by Crippen LogP contribution is 2.64. The molecule has 0 aromatic heterocycles. The summed E-state index contributed by atoms with van der Waals surface area (Å²) in [6.07, 6.45) is -10.5. The Morgan fingerprint density at radius 2 is 0.861 bits per heavy atom. The van der Waals surface area contributed by atoms with Gasteiger partial charge in [0.2, 0.25) is 0 Å². The van der Waals surface area contributed by atoms with Crippen LogP contribution in [0.25, 0.3) is 0 Å². The largest absolute Gasteiger partial charge is 0.489 e. The second kappa shape index (κ2) is 8.77. The normalized spacial score (nSPS) is 15.2. The molecule has 20 heteroatoms. The number of anilines is 2. The van der Waals surface area contributed by atoms with Crippen molar-refractivity contribution in [3.8, 4) is 5.75 Å². The van der Waals surface area contributed by atoms with Crippen LogP contribution in [0.1, 0.15) is 6.42 Å². The van der Waals surface area contributed by atoms with E-state index in [4.69, 9.17) is 11.5 Å². The molecule has 36 heavy (non-hydrogen) atoms. The molecule has 0 spiro atoms. The first kappa shape index (κ1) is 31.5. The molecule has 0 saturated heterocycles. The molecule has 1 aromatic rings. The van der Waals surface area contributed by atoms with Crippen LogP contribution in [0.15, 0.2) is 18.2 Å². The van der Waals surface area contributed by atoms with Crippen molar-refractivity contribution in [1.29, 1.82) is 0 Å². The van der Waals surface area contributed by atoms with Crippen molar-refractivity contribution < 1.29 is 79.4 Å². The summed E-state index contributed by atoms with van der Waals surface area (Å²) < 4.78 is 228. The van der Waals surface area contributed by atoms with Crippen LogP contribution in [0.2, 0.25) is 0 Å². The Balaban J connectivity index is 3.39. The molecular weight excluding hydrogens is 559 g/mol. The van der Waals surface area contributed by atoms with E-state index < -0.39 is 77.8 Å². The highest BCUT2D eigenvalue weighted by molar-refractivity contribution is 5.66. The summed E-state index contributed by atoms with van der Waals surface area (Å²) in [5, 5.41) is 0. The van der Waals surface area contributed by atoms with Crippen LogP contribution in [0, 0.1) is 0 Å². The maximum Gasteiger partial charge on any atom is 0.460 e. The third-order valence-corrected chi connectivity index (χ3v) is 4.53. The lowest BCUT2D eigenvalue weighted by atomic mass is 9.88. The Morgan fingerprint density at radius 1 is 0.528 bits per heavy atom. The van der Waals surface area contributed by atoms with Gasteiger partial charge in [0.1, 0.15) is 0 Å². The van der Waals surface area contributed by atoms with E-state index in [-0.39, 0.29) is 0 Å². The van der Waals surface area contributed by atoms with Gasteiger partial charge in [-0.3, -0.25) is 0 Å². The highest BCUT2D eigenvalue weighted by Gasteiger charge is 2.95. The highest BCUT2D eigenvalue weighted by atomic mass is 19.4. The molecule has 4 N–H and O–H groups in total. The first-order chi connectivity index (χ1) is 15.6. The summed E-state index contributed by atoms with van der Waals surface area (Å²) in [6.45, 7) is -1.83.